The average molecular weight is 301 g/mol. The zero-order valence-corrected chi connectivity index (χ0v) is 11.7. The van der Waals surface area contributed by atoms with Crippen molar-refractivity contribution in [1.29, 1.82) is 0 Å². The molecule has 0 amide bonds. The second-order valence-electron chi connectivity index (χ2n) is 3.88. The van der Waals surface area contributed by atoms with Crippen LogP contribution in [0.25, 0.3) is 0 Å². The number of sulfonamides is 1. The zero-order chi connectivity index (χ0) is 14.0. The molecule has 0 unspecified atom stereocenters. The molecule has 8 heteroatoms. The largest absolute Gasteiger partial charge is 0.375 e. The van der Waals surface area contributed by atoms with Crippen molar-refractivity contribution in [3.63, 3.8) is 0 Å². The molecular formula is C11H12FN3O2S2. The Labute approximate surface area is 114 Å². The highest BCUT2D eigenvalue weighted by atomic mass is 32.2. The van der Waals surface area contributed by atoms with Crippen LogP contribution in [0.5, 0.6) is 0 Å². The molecule has 19 heavy (non-hydrogen) atoms. The van der Waals surface area contributed by atoms with E-state index in [9.17, 15) is 12.8 Å². The van der Waals surface area contributed by atoms with Crippen molar-refractivity contribution < 1.29 is 12.8 Å². The number of halogens is 1. The summed E-state index contributed by atoms with van der Waals surface area (Å²) in [5, 5.41) is 0.208. The zero-order valence-electron chi connectivity index (χ0n) is 10.1. The van der Waals surface area contributed by atoms with Gasteiger partial charge in [0, 0.05) is 6.54 Å². The fraction of sp³-hybridized carbons (Fsp3) is 0.182. The van der Waals surface area contributed by atoms with Crippen LogP contribution < -0.4 is 10.5 Å². The lowest BCUT2D eigenvalue weighted by Crippen LogP contribution is -2.23. The number of hydrogen-bond acceptors (Lipinski definition) is 5. The number of thiazole rings is 1. The predicted octanol–water partition coefficient (Wildman–Crippen LogP) is 1.65. The number of nitrogens with one attached hydrogen (secondary N) is 1. The lowest BCUT2D eigenvalue weighted by Gasteiger charge is -2.05. The van der Waals surface area contributed by atoms with Crippen LogP contribution in [0, 0.1) is 12.7 Å². The van der Waals surface area contributed by atoms with E-state index in [0.717, 1.165) is 11.3 Å². The second kappa shape index (κ2) is 5.24. The Kier molecular flexibility index (Phi) is 3.83. The van der Waals surface area contributed by atoms with Crippen LogP contribution in [0.4, 0.5) is 9.52 Å². The topological polar surface area (TPSA) is 85.1 Å². The molecule has 0 saturated carbocycles. The van der Waals surface area contributed by atoms with E-state index >= 15 is 0 Å². The van der Waals surface area contributed by atoms with Crippen molar-refractivity contribution >= 4 is 26.5 Å². The molecule has 3 N–H and O–H groups in total. The van der Waals surface area contributed by atoms with Gasteiger partial charge in [-0.3, -0.25) is 0 Å². The number of benzene rings is 1. The SMILES string of the molecule is Cc1nc(N)sc1S(=O)(=O)NCc1ccc(F)cc1. The summed E-state index contributed by atoms with van der Waals surface area (Å²) < 4.78 is 39.3. The van der Waals surface area contributed by atoms with Crippen molar-refractivity contribution in [3.8, 4) is 0 Å². The minimum absolute atomic E-state index is 0.0832. The molecule has 0 fully saturated rings. The Morgan fingerprint density at radius 2 is 2.00 bits per heavy atom. The molecule has 0 spiro atoms. The average Bonchev–Trinajstić information content (AvgIpc) is 2.69. The highest BCUT2D eigenvalue weighted by molar-refractivity contribution is 7.91. The fourth-order valence-electron chi connectivity index (χ4n) is 1.50. The molecular weight excluding hydrogens is 289 g/mol. The van der Waals surface area contributed by atoms with Gasteiger partial charge in [0.15, 0.2) is 9.34 Å². The van der Waals surface area contributed by atoms with Gasteiger partial charge in [-0.25, -0.2) is 22.5 Å². The Morgan fingerprint density at radius 3 is 2.53 bits per heavy atom. The Bertz CT molecular complexity index is 680. The Balaban J connectivity index is 2.14. The van der Waals surface area contributed by atoms with Crippen LogP contribution in [0.1, 0.15) is 11.3 Å². The maximum absolute atomic E-state index is 12.7. The van der Waals surface area contributed by atoms with Gasteiger partial charge in [0.1, 0.15) is 5.82 Å². The molecule has 1 heterocycles. The molecule has 0 aliphatic rings. The molecule has 1 aromatic carbocycles. The number of nitrogens with two attached hydrogens (primary N) is 1. The highest BCUT2D eigenvalue weighted by Gasteiger charge is 2.20. The molecule has 0 saturated heterocycles. The summed E-state index contributed by atoms with van der Waals surface area (Å²) in [6, 6.07) is 5.59. The molecule has 5 nitrogen and oxygen atoms in total. The number of anilines is 1. The number of nitrogen functional groups attached to an aromatic ring is 1. The number of rotatable bonds is 4. The maximum atomic E-state index is 12.7. The van der Waals surface area contributed by atoms with Gasteiger partial charge >= 0.3 is 0 Å². The van der Waals surface area contributed by atoms with E-state index in [1.54, 1.807) is 6.92 Å². The van der Waals surface area contributed by atoms with Crippen LogP contribution in [0.15, 0.2) is 28.5 Å². The lowest BCUT2D eigenvalue weighted by molar-refractivity contribution is 0.582. The second-order valence-corrected chi connectivity index (χ2v) is 6.87. The first-order valence-corrected chi connectivity index (χ1v) is 7.65. The first-order chi connectivity index (χ1) is 8.88. The van der Waals surface area contributed by atoms with E-state index in [1.165, 1.54) is 24.3 Å². The molecule has 0 bridgehead atoms. The van der Waals surface area contributed by atoms with Gasteiger partial charge in [-0.2, -0.15) is 0 Å². The summed E-state index contributed by atoms with van der Waals surface area (Å²) in [6.45, 7) is 1.67. The normalized spacial score (nSPS) is 11.7. The van der Waals surface area contributed by atoms with Crippen LogP contribution >= 0.6 is 11.3 Å². The lowest BCUT2D eigenvalue weighted by atomic mass is 10.2. The van der Waals surface area contributed by atoms with Crippen molar-refractivity contribution in [1.82, 2.24) is 9.71 Å². The van der Waals surface area contributed by atoms with Crippen LogP contribution in [0.2, 0.25) is 0 Å². The first-order valence-electron chi connectivity index (χ1n) is 5.35. The molecule has 2 rings (SSSR count). The third-order valence-electron chi connectivity index (χ3n) is 2.39. The van der Waals surface area contributed by atoms with Gasteiger partial charge in [0.2, 0.25) is 0 Å². The van der Waals surface area contributed by atoms with E-state index in [-0.39, 0.29) is 21.7 Å². The van der Waals surface area contributed by atoms with Crippen LogP contribution in [-0.2, 0) is 16.6 Å². The van der Waals surface area contributed by atoms with Crippen molar-refractivity contribution in [2.45, 2.75) is 17.7 Å². The van der Waals surface area contributed by atoms with Crippen LogP contribution in [-0.4, -0.2) is 13.4 Å². The van der Waals surface area contributed by atoms with Gasteiger partial charge < -0.3 is 5.73 Å². The third kappa shape index (κ3) is 3.28. The Hall–Kier alpha value is -1.51. The number of nitrogens with zero attached hydrogens (tertiary/aromatic N) is 1. The van der Waals surface area contributed by atoms with E-state index in [0.29, 0.717) is 11.3 Å². The van der Waals surface area contributed by atoms with E-state index in [2.05, 4.69) is 9.71 Å². The van der Waals surface area contributed by atoms with Crippen molar-refractivity contribution in [2.75, 3.05) is 5.73 Å². The molecule has 1 aromatic heterocycles. The minimum atomic E-state index is -3.65. The number of aromatic nitrogens is 1. The summed E-state index contributed by atoms with van der Waals surface area (Å²) in [4.78, 5) is 3.87. The van der Waals surface area contributed by atoms with Gasteiger partial charge in [0.05, 0.1) is 5.69 Å². The van der Waals surface area contributed by atoms with Gasteiger partial charge in [0.25, 0.3) is 10.0 Å². The number of aryl methyl sites for hydroxylation is 1. The summed E-state index contributed by atoms with van der Waals surface area (Å²) in [5.41, 5.74) is 6.51. The Morgan fingerprint density at radius 1 is 1.37 bits per heavy atom. The molecule has 0 radical (unpaired) electrons. The van der Waals surface area contributed by atoms with Crippen molar-refractivity contribution in [3.05, 3.63) is 41.3 Å². The predicted molar refractivity (Wildman–Crippen MR) is 71.7 cm³/mol. The van der Waals surface area contributed by atoms with E-state index < -0.39 is 10.0 Å². The monoisotopic (exact) mass is 301 g/mol. The summed E-state index contributed by atoms with van der Waals surface area (Å²) >= 11 is 0.915. The standard InChI is InChI=1S/C11H12FN3O2S2/c1-7-10(18-11(13)15-7)19(16,17)14-6-8-2-4-9(12)5-3-8/h2-5,14H,6H2,1H3,(H2,13,15). The summed E-state index contributed by atoms with van der Waals surface area (Å²) in [5.74, 6) is -0.363. The maximum Gasteiger partial charge on any atom is 0.252 e. The first kappa shape index (κ1) is 13.9. The fourth-order valence-corrected chi connectivity index (χ4v) is 3.86. The van der Waals surface area contributed by atoms with E-state index in [1.807, 2.05) is 0 Å². The molecule has 0 aliphatic heterocycles. The molecule has 0 atom stereocenters. The van der Waals surface area contributed by atoms with Gasteiger partial charge in [-0.1, -0.05) is 23.5 Å². The molecule has 2 aromatic rings. The summed E-state index contributed by atoms with van der Waals surface area (Å²) in [6.07, 6.45) is 0. The molecule has 102 valence electrons. The van der Waals surface area contributed by atoms with Gasteiger partial charge in [-0.15, -0.1) is 0 Å². The quantitative estimate of drug-likeness (QED) is 0.899. The minimum Gasteiger partial charge on any atom is -0.375 e. The summed E-state index contributed by atoms with van der Waals surface area (Å²) in [7, 11) is -3.65. The smallest absolute Gasteiger partial charge is 0.252 e. The van der Waals surface area contributed by atoms with E-state index in [4.69, 9.17) is 5.73 Å². The highest BCUT2D eigenvalue weighted by Crippen LogP contribution is 2.24. The van der Waals surface area contributed by atoms with Gasteiger partial charge in [-0.05, 0) is 24.6 Å². The van der Waals surface area contributed by atoms with Crippen molar-refractivity contribution in [2.24, 2.45) is 0 Å². The van der Waals surface area contributed by atoms with Crippen LogP contribution in [0.3, 0.4) is 0 Å². The third-order valence-corrected chi connectivity index (χ3v) is 5.39. The molecule has 0 aliphatic carbocycles. The number of hydrogen-bond donors (Lipinski definition) is 2.